The van der Waals surface area contributed by atoms with Crippen molar-refractivity contribution in [3.63, 3.8) is 0 Å². The summed E-state index contributed by atoms with van der Waals surface area (Å²) >= 11 is 11.1. The summed E-state index contributed by atoms with van der Waals surface area (Å²) in [5.41, 5.74) is 3.72. The summed E-state index contributed by atoms with van der Waals surface area (Å²) < 4.78 is 3.98. The van der Waals surface area contributed by atoms with Crippen LogP contribution < -0.4 is 0 Å². The lowest BCUT2D eigenvalue weighted by atomic mass is 10.2. The molecular weight excluding hydrogens is 740 g/mol. The largest absolute Gasteiger partial charge is 0.208 e. The lowest BCUT2D eigenvalue weighted by molar-refractivity contribution is 1.08. The standard InChI is InChI=1S/C36H20Br2N6S2/c37-25-27-28(45-29(25)35-41-31(21-13-5-1-6-14-21)39-32(42-35)22-15-7-2-8-16-22)26(38)30(46-27)36-43-33(23-17-9-3-10-18-23)40-34(44-36)24-19-11-4-12-20-24/h1-20H. The number of rotatable bonds is 6. The first kappa shape index (κ1) is 29.0. The van der Waals surface area contributed by atoms with E-state index >= 15 is 0 Å². The van der Waals surface area contributed by atoms with E-state index in [-0.39, 0.29) is 0 Å². The van der Waals surface area contributed by atoms with Crippen LogP contribution in [0.4, 0.5) is 0 Å². The third-order valence-corrected chi connectivity index (χ3v) is 12.4. The maximum Gasteiger partial charge on any atom is 0.175 e. The molecule has 0 saturated heterocycles. The minimum absolute atomic E-state index is 0.610. The predicted octanol–water partition coefficient (Wildman–Crippen LogP) is 10.9. The molecule has 4 aromatic carbocycles. The fraction of sp³-hybridized carbons (Fsp3) is 0. The van der Waals surface area contributed by atoms with Crippen LogP contribution in [0, 0.1) is 0 Å². The SMILES string of the molecule is Brc1c(-c2nc(-c3ccccc3)nc(-c3ccccc3)n2)sc2c(Br)c(-c3nc(-c4ccccc4)nc(-c4ccccc4)n3)sc12. The van der Waals surface area contributed by atoms with Gasteiger partial charge in [0, 0.05) is 22.3 Å². The van der Waals surface area contributed by atoms with Crippen molar-refractivity contribution in [3.8, 4) is 67.0 Å². The molecule has 8 rings (SSSR count). The Labute approximate surface area is 289 Å². The molecule has 4 heterocycles. The Balaban J connectivity index is 1.27. The van der Waals surface area contributed by atoms with Gasteiger partial charge in [-0.15, -0.1) is 22.7 Å². The van der Waals surface area contributed by atoms with Gasteiger partial charge >= 0.3 is 0 Å². The highest BCUT2D eigenvalue weighted by Crippen LogP contribution is 2.52. The van der Waals surface area contributed by atoms with Gasteiger partial charge < -0.3 is 0 Å². The van der Waals surface area contributed by atoms with Crippen molar-refractivity contribution < 1.29 is 0 Å². The maximum absolute atomic E-state index is 4.95. The van der Waals surface area contributed by atoms with E-state index in [0.29, 0.717) is 34.9 Å². The van der Waals surface area contributed by atoms with Gasteiger partial charge in [0.1, 0.15) is 0 Å². The van der Waals surface area contributed by atoms with E-state index < -0.39 is 0 Å². The van der Waals surface area contributed by atoms with Crippen molar-refractivity contribution in [2.45, 2.75) is 0 Å². The van der Waals surface area contributed by atoms with Crippen LogP contribution >= 0.6 is 54.5 Å². The highest BCUT2D eigenvalue weighted by molar-refractivity contribution is 9.11. The molecule has 10 heteroatoms. The van der Waals surface area contributed by atoms with Crippen molar-refractivity contribution in [1.29, 1.82) is 0 Å². The number of thiophene rings is 2. The van der Waals surface area contributed by atoms with E-state index in [0.717, 1.165) is 50.4 Å². The molecule has 0 radical (unpaired) electrons. The van der Waals surface area contributed by atoms with E-state index in [1.165, 1.54) is 0 Å². The molecule has 6 nitrogen and oxygen atoms in total. The van der Waals surface area contributed by atoms with Crippen LogP contribution in [0.1, 0.15) is 0 Å². The topological polar surface area (TPSA) is 77.3 Å². The van der Waals surface area contributed by atoms with Gasteiger partial charge in [-0.3, -0.25) is 0 Å². The highest BCUT2D eigenvalue weighted by atomic mass is 79.9. The molecule has 0 aliphatic heterocycles. The van der Waals surface area contributed by atoms with E-state index in [1.54, 1.807) is 22.7 Å². The average Bonchev–Trinajstić information content (AvgIpc) is 3.64. The monoisotopic (exact) mass is 758 g/mol. The van der Waals surface area contributed by atoms with E-state index in [2.05, 4.69) is 31.9 Å². The zero-order valence-corrected chi connectivity index (χ0v) is 28.6. The first-order valence-electron chi connectivity index (χ1n) is 14.3. The van der Waals surface area contributed by atoms with Crippen molar-refractivity contribution in [1.82, 2.24) is 29.9 Å². The molecule has 0 N–H and O–H groups in total. The summed E-state index contributed by atoms with van der Waals surface area (Å²) in [5.74, 6) is 3.72. The van der Waals surface area contributed by atoms with Crippen LogP contribution in [0.25, 0.3) is 76.4 Å². The van der Waals surface area contributed by atoms with Crippen LogP contribution in [0.5, 0.6) is 0 Å². The van der Waals surface area contributed by atoms with Crippen LogP contribution in [-0.4, -0.2) is 29.9 Å². The number of hydrogen-bond donors (Lipinski definition) is 0. The molecule has 220 valence electrons. The molecule has 0 unspecified atom stereocenters. The second kappa shape index (κ2) is 12.4. The molecule has 0 saturated carbocycles. The zero-order chi connectivity index (χ0) is 31.0. The highest BCUT2D eigenvalue weighted by Gasteiger charge is 2.25. The summed E-state index contributed by atoms with van der Waals surface area (Å²) in [6.45, 7) is 0. The molecule has 0 aliphatic carbocycles. The summed E-state index contributed by atoms with van der Waals surface area (Å²) in [4.78, 5) is 31.3. The van der Waals surface area contributed by atoms with E-state index in [1.807, 2.05) is 121 Å². The van der Waals surface area contributed by atoms with Crippen LogP contribution in [0.15, 0.2) is 130 Å². The third-order valence-electron chi connectivity index (χ3n) is 7.22. The number of benzene rings is 4. The number of hydrogen-bond acceptors (Lipinski definition) is 8. The second-order valence-corrected chi connectivity index (χ2v) is 13.9. The summed E-state index contributed by atoms with van der Waals surface area (Å²) in [6.07, 6.45) is 0. The maximum atomic E-state index is 4.95. The van der Waals surface area contributed by atoms with Crippen molar-refractivity contribution in [2.24, 2.45) is 0 Å². The lowest BCUT2D eigenvalue weighted by Gasteiger charge is -2.08. The Bertz CT molecular complexity index is 2050. The van der Waals surface area contributed by atoms with Crippen LogP contribution in [0.2, 0.25) is 0 Å². The quantitative estimate of drug-likeness (QED) is 0.168. The molecule has 4 aromatic heterocycles. The minimum atomic E-state index is 0.610. The van der Waals surface area contributed by atoms with Gasteiger partial charge in [0.2, 0.25) is 0 Å². The third kappa shape index (κ3) is 5.47. The van der Waals surface area contributed by atoms with Crippen LogP contribution in [-0.2, 0) is 0 Å². The Kier molecular flexibility index (Phi) is 7.79. The molecule has 0 fully saturated rings. The normalized spacial score (nSPS) is 11.3. The zero-order valence-electron chi connectivity index (χ0n) is 23.8. The fourth-order valence-corrected chi connectivity index (χ4v) is 9.28. The molecule has 46 heavy (non-hydrogen) atoms. The fourth-order valence-electron chi connectivity index (χ4n) is 4.99. The Morgan fingerprint density at radius 1 is 0.326 bits per heavy atom. The number of halogens is 2. The van der Waals surface area contributed by atoms with Crippen molar-refractivity contribution in [2.75, 3.05) is 0 Å². The molecule has 0 amide bonds. The van der Waals surface area contributed by atoms with Crippen molar-refractivity contribution >= 4 is 63.9 Å². The molecule has 0 bridgehead atoms. The molecule has 0 aliphatic rings. The first-order valence-corrected chi connectivity index (χ1v) is 17.5. The molecule has 0 spiro atoms. The van der Waals surface area contributed by atoms with Gasteiger partial charge in [-0.05, 0) is 31.9 Å². The molecule has 8 aromatic rings. The van der Waals surface area contributed by atoms with E-state index in [9.17, 15) is 0 Å². The van der Waals surface area contributed by atoms with Gasteiger partial charge in [-0.25, -0.2) is 29.9 Å². The van der Waals surface area contributed by atoms with Gasteiger partial charge in [-0.2, -0.15) is 0 Å². The van der Waals surface area contributed by atoms with E-state index in [4.69, 9.17) is 29.9 Å². The smallest absolute Gasteiger partial charge is 0.175 e. The predicted molar refractivity (Wildman–Crippen MR) is 194 cm³/mol. The molecular formula is C36H20Br2N6S2. The van der Waals surface area contributed by atoms with Gasteiger partial charge in [0.05, 0.1) is 28.1 Å². The Hall–Kier alpha value is -4.48. The van der Waals surface area contributed by atoms with Gasteiger partial charge in [-0.1, -0.05) is 121 Å². The Morgan fingerprint density at radius 2 is 0.565 bits per heavy atom. The first-order chi connectivity index (χ1) is 22.6. The second-order valence-electron chi connectivity index (χ2n) is 10.2. The minimum Gasteiger partial charge on any atom is -0.208 e. The van der Waals surface area contributed by atoms with Gasteiger partial charge in [0.25, 0.3) is 0 Å². The number of aromatic nitrogens is 6. The summed E-state index contributed by atoms with van der Waals surface area (Å²) in [6, 6.07) is 40.0. The number of nitrogens with zero attached hydrogens (tertiary/aromatic N) is 6. The summed E-state index contributed by atoms with van der Waals surface area (Å²) in [7, 11) is 0. The summed E-state index contributed by atoms with van der Waals surface area (Å²) in [5, 5.41) is 0. The molecule has 0 atom stereocenters. The average molecular weight is 761 g/mol. The van der Waals surface area contributed by atoms with Crippen LogP contribution in [0.3, 0.4) is 0 Å². The van der Waals surface area contributed by atoms with Crippen molar-refractivity contribution in [3.05, 3.63) is 130 Å². The van der Waals surface area contributed by atoms with Gasteiger partial charge in [0.15, 0.2) is 34.9 Å². The Morgan fingerprint density at radius 3 is 0.826 bits per heavy atom. The number of fused-ring (bicyclic) bond motifs is 1. The lowest BCUT2D eigenvalue weighted by Crippen LogP contribution is -1.99.